The maximum absolute atomic E-state index is 11.9. The summed E-state index contributed by atoms with van der Waals surface area (Å²) < 4.78 is 10.2. The molecule has 0 aromatic heterocycles. The van der Waals surface area contributed by atoms with Gasteiger partial charge < -0.3 is 19.7 Å². The molecule has 5 heteroatoms. The van der Waals surface area contributed by atoms with Gasteiger partial charge in [-0.2, -0.15) is 0 Å². The lowest BCUT2D eigenvalue weighted by molar-refractivity contribution is -0.121. The number of ether oxygens (including phenoxy) is 2. The molecule has 0 radical (unpaired) electrons. The monoisotopic (exact) mass is 308 g/mol. The summed E-state index contributed by atoms with van der Waals surface area (Å²) in [6.07, 6.45) is 1.31. The highest BCUT2D eigenvalue weighted by molar-refractivity contribution is 5.75. The van der Waals surface area contributed by atoms with Crippen LogP contribution in [0.5, 0.6) is 0 Å². The standard InChI is InChI=1S/C17H28N2O3/c1-19(2)16(15-7-5-4-6-8-15)9-10-17(20)18-11-12-22-14-13-21-3/h4-8,16H,9-14H2,1-3H3,(H,18,20)/t16-/m1/s1. The summed E-state index contributed by atoms with van der Waals surface area (Å²) in [5.74, 6) is 0.0677. The summed E-state index contributed by atoms with van der Waals surface area (Å²) in [6, 6.07) is 10.5. The van der Waals surface area contributed by atoms with E-state index in [1.165, 1.54) is 5.56 Å². The van der Waals surface area contributed by atoms with E-state index in [-0.39, 0.29) is 11.9 Å². The van der Waals surface area contributed by atoms with Gasteiger partial charge in [-0.05, 0) is 26.1 Å². The van der Waals surface area contributed by atoms with E-state index in [1.54, 1.807) is 7.11 Å². The predicted octanol–water partition coefficient (Wildman–Crippen LogP) is 1.85. The second kappa shape index (κ2) is 11.2. The van der Waals surface area contributed by atoms with Crippen molar-refractivity contribution in [2.24, 2.45) is 0 Å². The Bertz CT molecular complexity index is 410. The number of carbonyl (C=O) groups is 1. The van der Waals surface area contributed by atoms with Crippen molar-refractivity contribution in [3.8, 4) is 0 Å². The first-order valence-electron chi connectivity index (χ1n) is 7.70. The summed E-state index contributed by atoms with van der Waals surface area (Å²) in [5, 5.41) is 2.88. The number of carbonyl (C=O) groups excluding carboxylic acids is 1. The van der Waals surface area contributed by atoms with Crippen LogP contribution in [0.2, 0.25) is 0 Å². The number of benzene rings is 1. The molecule has 1 rings (SSSR count). The molecule has 0 aliphatic rings. The third-order valence-electron chi connectivity index (χ3n) is 3.45. The van der Waals surface area contributed by atoms with Crippen molar-refractivity contribution >= 4 is 5.91 Å². The van der Waals surface area contributed by atoms with Crippen LogP contribution >= 0.6 is 0 Å². The number of hydrogen-bond donors (Lipinski definition) is 1. The minimum atomic E-state index is 0.0677. The van der Waals surface area contributed by atoms with Crippen LogP contribution < -0.4 is 5.32 Å². The second-order valence-electron chi connectivity index (χ2n) is 5.38. The van der Waals surface area contributed by atoms with Crippen molar-refractivity contribution in [3.63, 3.8) is 0 Å². The molecule has 0 unspecified atom stereocenters. The Balaban J connectivity index is 2.26. The summed E-state index contributed by atoms with van der Waals surface area (Å²) >= 11 is 0. The first kappa shape index (κ1) is 18.6. The van der Waals surface area contributed by atoms with Crippen molar-refractivity contribution in [2.45, 2.75) is 18.9 Å². The van der Waals surface area contributed by atoms with Gasteiger partial charge in [0.25, 0.3) is 0 Å². The minimum Gasteiger partial charge on any atom is -0.382 e. The van der Waals surface area contributed by atoms with Gasteiger partial charge >= 0.3 is 0 Å². The van der Waals surface area contributed by atoms with Crippen LogP contribution in [0.4, 0.5) is 0 Å². The molecule has 5 nitrogen and oxygen atoms in total. The van der Waals surface area contributed by atoms with Gasteiger partial charge in [-0.25, -0.2) is 0 Å². The van der Waals surface area contributed by atoms with Crippen molar-refractivity contribution < 1.29 is 14.3 Å². The van der Waals surface area contributed by atoms with Crippen LogP contribution in [-0.4, -0.2) is 58.4 Å². The van der Waals surface area contributed by atoms with Crippen LogP contribution in [-0.2, 0) is 14.3 Å². The second-order valence-corrected chi connectivity index (χ2v) is 5.38. The number of amides is 1. The molecule has 0 aliphatic heterocycles. The number of nitrogens with one attached hydrogen (secondary N) is 1. The Kier molecular flexibility index (Phi) is 9.46. The molecule has 0 saturated carbocycles. The van der Waals surface area contributed by atoms with Crippen LogP contribution in [0.3, 0.4) is 0 Å². The van der Waals surface area contributed by atoms with Crippen LogP contribution in [0.15, 0.2) is 30.3 Å². The molecule has 0 bridgehead atoms. The molecule has 0 fully saturated rings. The first-order chi connectivity index (χ1) is 10.6. The first-order valence-corrected chi connectivity index (χ1v) is 7.70. The molecule has 1 aromatic carbocycles. The summed E-state index contributed by atoms with van der Waals surface area (Å²) in [5.41, 5.74) is 1.24. The van der Waals surface area contributed by atoms with Gasteiger partial charge in [0, 0.05) is 26.1 Å². The van der Waals surface area contributed by atoms with Crippen molar-refractivity contribution in [2.75, 3.05) is 47.6 Å². The molecule has 1 aromatic rings. The Labute approximate surface area is 133 Å². The number of nitrogens with zero attached hydrogens (tertiary/aromatic N) is 1. The maximum atomic E-state index is 11.9. The lowest BCUT2D eigenvalue weighted by Gasteiger charge is -2.24. The predicted molar refractivity (Wildman–Crippen MR) is 87.8 cm³/mol. The van der Waals surface area contributed by atoms with E-state index in [9.17, 15) is 4.79 Å². The molecule has 0 heterocycles. The van der Waals surface area contributed by atoms with Crippen molar-refractivity contribution in [1.82, 2.24) is 10.2 Å². The molecule has 1 atom stereocenters. The third-order valence-corrected chi connectivity index (χ3v) is 3.45. The molecular weight excluding hydrogens is 280 g/mol. The Morgan fingerprint density at radius 1 is 1.18 bits per heavy atom. The molecule has 0 aliphatic carbocycles. The van der Waals surface area contributed by atoms with Crippen LogP contribution in [0.25, 0.3) is 0 Å². The van der Waals surface area contributed by atoms with E-state index in [4.69, 9.17) is 9.47 Å². The average Bonchev–Trinajstić information content (AvgIpc) is 2.51. The molecule has 0 spiro atoms. The zero-order chi connectivity index (χ0) is 16.2. The molecule has 1 amide bonds. The SMILES string of the molecule is COCCOCCNC(=O)CC[C@H](c1ccccc1)N(C)C. The van der Waals surface area contributed by atoms with Gasteiger partial charge in [-0.15, -0.1) is 0 Å². The Hall–Kier alpha value is -1.43. The fourth-order valence-corrected chi connectivity index (χ4v) is 2.26. The van der Waals surface area contributed by atoms with E-state index in [1.807, 2.05) is 32.3 Å². The van der Waals surface area contributed by atoms with Gasteiger partial charge in [0.15, 0.2) is 0 Å². The Morgan fingerprint density at radius 2 is 1.91 bits per heavy atom. The van der Waals surface area contributed by atoms with Gasteiger partial charge in [0.1, 0.15) is 0 Å². The molecule has 124 valence electrons. The quantitative estimate of drug-likeness (QED) is 0.634. The minimum absolute atomic E-state index is 0.0677. The lowest BCUT2D eigenvalue weighted by atomic mass is 10.0. The van der Waals surface area contributed by atoms with E-state index in [2.05, 4.69) is 22.3 Å². The van der Waals surface area contributed by atoms with Gasteiger partial charge in [0.2, 0.25) is 5.91 Å². The van der Waals surface area contributed by atoms with Crippen LogP contribution in [0, 0.1) is 0 Å². The highest BCUT2D eigenvalue weighted by Gasteiger charge is 2.15. The largest absolute Gasteiger partial charge is 0.382 e. The number of rotatable bonds is 11. The van der Waals surface area contributed by atoms with E-state index in [0.717, 1.165) is 6.42 Å². The molecule has 22 heavy (non-hydrogen) atoms. The zero-order valence-corrected chi connectivity index (χ0v) is 13.9. The van der Waals surface area contributed by atoms with E-state index in [0.29, 0.717) is 32.8 Å². The zero-order valence-electron chi connectivity index (χ0n) is 13.9. The fraction of sp³-hybridized carbons (Fsp3) is 0.588. The Morgan fingerprint density at radius 3 is 2.55 bits per heavy atom. The topological polar surface area (TPSA) is 50.8 Å². The number of methoxy groups -OCH3 is 1. The number of hydrogen-bond acceptors (Lipinski definition) is 4. The van der Waals surface area contributed by atoms with Gasteiger partial charge in [-0.3, -0.25) is 4.79 Å². The highest BCUT2D eigenvalue weighted by atomic mass is 16.5. The van der Waals surface area contributed by atoms with Crippen molar-refractivity contribution in [3.05, 3.63) is 35.9 Å². The van der Waals surface area contributed by atoms with Crippen LogP contribution in [0.1, 0.15) is 24.4 Å². The van der Waals surface area contributed by atoms with E-state index < -0.39 is 0 Å². The van der Waals surface area contributed by atoms with Crippen molar-refractivity contribution in [1.29, 1.82) is 0 Å². The summed E-state index contributed by atoms with van der Waals surface area (Å²) in [7, 11) is 5.72. The normalized spacial score (nSPS) is 12.4. The molecule has 1 N–H and O–H groups in total. The summed E-state index contributed by atoms with van der Waals surface area (Å²) in [4.78, 5) is 14.0. The summed E-state index contributed by atoms with van der Waals surface area (Å²) in [6.45, 7) is 2.20. The lowest BCUT2D eigenvalue weighted by Crippen LogP contribution is -2.29. The maximum Gasteiger partial charge on any atom is 0.220 e. The average molecular weight is 308 g/mol. The van der Waals surface area contributed by atoms with E-state index >= 15 is 0 Å². The smallest absolute Gasteiger partial charge is 0.220 e. The molecule has 0 saturated heterocycles. The molecular formula is C17H28N2O3. The third kappa shape index (κ3) is 7.54. The van der Waals surface area contributed by atoms with Gasteiger partial charge in [-0.1, -0.05) is 30.3 Å². The van der Waals surface area contributed by atoms with Gasteiger partial charge in [0.05, 0.1) is 19.8 Å². The highest BCUT2D eigenvalue weighted by Crippen LogP contribution is 2.22. The fourth-order valence-electron chi connectivity index (χ4n) is 2.26.